The number of aliphatic hydroxyl groups is 1. The van der Waals surface area contributed by atoms with E-state index in [1.54, 1.807) is 19.1 Å². The molecule has 15 heavy (non-hydrogen) atoms. The highest BCUT2D eigenvalue weighted by atomic mass is 19.1. The molecule has 0 bridgehead atoms. The van der Waals surface area contributed by atoms with E-state index in [1.807, 2.05) is 13.8 Å². The van der Waals surface area contributed by atoms with Crippen LogP contribution in [0.1, 0.15) is 31.1 Å². The number of aliphatic hydroxyl groups excluding tert-OH is 1. The average Bonchev–Trinajstić information content (AvgIpc) is 2.21. The van der Waals surface area contributed by atoms with Crippen LogP contribution in [0.3, 0.4) is 0 Å². The van der Waals surface area contributed by atoms with Gasteiger partial charge in [0.1, 0.15) is 11.9 Å². The van der Waals surface area contributed by atoms with Crippen molar-refractivity contribution in [1.82, 2.24) is 0 Å². The van der Waals surface area contributed by atoms with Crippen molar-refractivity contribution in [3.05, 3.63) is 35.1 Å². The van der Waals surface area contributed by atoms with Crippen molar-refractivity contribution in [1.29, 1.82) is 0 Å². The van der Waals surface area contributed by atoms with Gasteiger partial charge in [0.2, 0.25) is 0 Å². The van der Waals surface area contributed by atoms with Gasteiger partial charge in [-0.05, 0) is 26.8 Å². The molecule has 2 unspecified atom stereocenters. The first-order chi connectivity index (χ1) is 7.06. The topological polar surface area (TPSA) is 29.5 Å². The van der Waals surface area contributed by atoms with Gasteiger partial charge in [-0.2, -0.15) is 0 Å². The Kier molecular flexibility index (Phi) is 4.24. The molecule has 0 saturated heterocycles. The van der Waals surface area contributed by atoms with Gasteiger partial charge in [-0.25, -0.2) is 4.39 Å². The Labute approximate surface area is 89.7 Å². The Morgan fingerprint density at radius 2 is 2.13 bits per heavy atom. The molecule has 1 aromatic carbocycles. The van der Waals surface area contributed by atoms with Gasteiger partial charge in [0.05, 0.1) is 6.10 Å². The van der Waals surface area contributed by atoms with E-state index in [0.29, 0.717) is 12.2 Å². The van der Waals surface area contributed by atoms with Crippen LogP contribution in [0.5, 0.6) is 0 Å². The van der Waals surface area contributed by atoms with E-state index in [2.05, 4.69) is 0 Å². The standard InChI is InChI=1S/C12H17FO2/c1-4-15-9(3)12(14)10-7-8(2)5-6-11(10)13/h5-7,9,12,14H,4H2,1-3H3. The fraction of sp³-hybridized carbons (Fsp3) is 0.500. The van der Waals surface area contributed by atoms with Gasteiger partial charge in [0.15, 0.2) is 0 Å². The third-order valence-corrected chi connectivity index (χ3v) is 2.34. The summed E-state index contributed by atoms with van der Waals surface area (Å²) in [7, 11) is 0. The van der Waals surface area contributed by atoms with E-state index in [9.17, 15) is 9.50 Å². The van der Waals surface area contributed by atoms with Gasteiger partial charge < -0.3 is 9.84 Å². The molecule has 0 fully saturated rings. The van der Waals surface area contributed by atoms with Crippen molar-refractivity contribution in [2.45, 2.75) is 33.0 Å². The number of aryl methyl sites for hydroxylation is 1. The third-order valence-electron chi connectivity index (χ3n) is 2.34. The van der Waals surface area contributed by atoms with Crippen LogP contribution in [0, 0.1) is 12.7 Å². The summed E-state index contributed by atoms with van der Waals surface area (Å²) in [6, 6.07) is 4.69. The van der Waals surface area contributed by atoms with E-state index in [1.165, 1.54) is 6.07 Å². The van der Waals surface area contributed by atoms with Crippen LogP contribution in [0.4, 0.5) is 4.39 Å². The van der Waals surface area contributed by atoms with Crippen molar-refractivity contribution in [2.24, 2.45) is 0 Å². The molecule has 0 aliphatic heterocycles. The summed E-state index contributed by atoms with van der Waals surface area (Å²) in [5, 5.41) is 9.86. The first-order valence-corrected chi connectivity index (χ1v) is 5.12. The van der Waals surface area contributed by atoms with Crippen LogP contribution < -0.4 is 0 Å². The molecule has 1 N–H and O–H groups in total. The molecular formula is C12H17FO2. The Morgan fingerprint density at radius 3 is 2.73 bits per heavy atom. The number of ether oxygens (including phenoxy) is 1. The minimum absolute atomic E-state index is 0.302. The van der Waals surface area contributed by atoms with Crippen LogP contribution in [-0.4, -0.2) is 17.8 Å². The molecule has 2 atom stereocenters. The van der Waals surface area contributed by atoms with Crippen molar-refractivity contribution in [3.8, 4) is 0 Å². The van der Waals surface area contributed by atoms with Crippen LogP contribution in [-0.2, 0) is 4.74 Å². The van der Waals surface area contributed by atoms with Crippen molar-refractivity contribution < 1.29 is 14.2 Å². The fourth-order valence-corrected chi connectivity index (χ4v) is 1.50. The molecule has 0 aliphatic rings. The molecule has 0 saturated carbocycles. The quantitative estimate of drug-likeness (QED) is 0.831. The minimum Gasteiger partial charge on any atom is -0.386 e. The zero-order valence-electron chi connectivity index (χ0n) is 9.33. The molecular weight excluding hydrogens is 195 g/mol. The molecule has 0 amide bonds. The maximum atomic E-state index is 13.4. The van der Waals surface area contributed by atoms with Crippen LogP contribution in [0.25, 0.3) is 0 Å². The van der Waals surface area contributed by atoms with Crippen LogP contribution in [0.2, 0.25) is 0 Å². The lowest BCUT2D eigenvalue weighted by Gasteiger charge is -2.19. The van der Waals surface area contributed by atoms with Gasteiger partial charge in [-0.3, -0.25) is 0 Å². The van der Waals surface area contributed by atoms with E-state index < -0.39 is 12.2 Å². The summed E-state index contributed by atoms with van der Waals surface area (Å²) < 4.78 is 18.6. The molecule has 84 valence electrons. The molecule has 0 radical (unpaired) electrons. The average molecular weight is 212 g/mol. The number of halogens is 1. The molecule has 3 heteroatoms. The van der Waals surface area contributed by atoms with Crippen molar-refractivity contribution in [3.63, 3.8) is 0 Å². The number of hydrogen-bond donors (Lipinski definition) is 1. The SMILES string of the molecule is CCOC(C)C(O)c1cc(C)ccc1F. The number of hydrogen-bond acceptors (Lipinski definition) is 2. The first kappa shape index (κ1) is 12.1. The van der Waals surface area contributed by atoms with E-state index >= 15 is 0 Å². The second-order valence-corrected chi connectivity index (χ2v) is 3.63. The van der Waals surface area contributed by atoms with Crippen molar-refractivity contribution >= 4 is 0 Å². The van der Waals surface area contributed by atoms with E-state index in [-0.39, 0.29) is 5.82 Å². The largest absolute Gasteiger partial charge is 0.386 e. The van der Waals surface area contributed by atoms with Crippen LogP contribution in [0.15, 0.2) is 18.2 Å². The fourth-order valence-electron chi connectivity index (χ4n) is 1.50. The lowest BCUT2D eigenvalue weighted by Crippen LogP contribution is -2.19. The smallest absolute Gasteiger partial charge is 0.129 e. The summed E-state index contributed by atoms with van der Waals surface area (Å²) in [5.74, 6) is -0.389. The summed E-state index contributed by atoms with van der Waals surface area (Å²) in [6.07, 6.45) is -1.31. The Bertz CT molecular complexity index is 325. The Balaban J connectivity index is 2.89. The monoisotopic (exact) mass is 212 g/mol. The van der Waals surface area contributed by atoms with Gasteiger partial charge in [0, 0.05) is 12.2 Å². The number of rotatable bonds is 4. The predicted molar refractivity (Wildman–Crippen MR) is 57.2 cm³/mol. The maximum Gasteiger partial charge on any atom is 0.129 e. The van der Waals surface area contributed by atoms with Gasteiger partial charge in [0.25, 0.3) is 0 Å². The van der Waals surface area contributed by atoms with Gasteiger partial charge >= 0.3 is 0 Å². The van der Waals surface area contributed by atoms with E-state index in [4.69, 9.17) is 4.74 Å². The van der Waals surface area contributed by atoms with Crippen molar-refractivity contribution in [2.75, 3.05) is 6.61 Å². The molecule has 0 aliphatic carbocycles. The zero-order valence-corrected chi connectivity index (χ0v) is 9.33. The lowest BCUT2D eigenvalue weighted by atomic mass is 10.0. The normalized spacial score (nSPS) is 15.0. The highest BCUT2D eigenvalue weighted by Gasteiger charge is 2.19. The second-order valence-electron chi connectivity index (χ2n) is 3.63. The molecule has 0 spiro atoms. The second kappa shape index (κ2) is 5.24. The van der Waals surface area contributed by atoms with Gasteiger partial charge in [-0.1, -0.05) is 17.7 Å². The maximum absolute atomic E-state index is 13.4. The highest BCUT2D eigenvalue weighted by Crippen LogP contribution is 2.22. The molecule has 0 aromatic heterocycles. The number of benzene rings is 1. The highest BCUT2D eigenvalue weighted by molar-refractivity contribution is 5.26. The first-order valence-electron chi connectivity index (χ1n) is 5.12. The van der Waals surface area contributed by atoms with E-state index in [0.717, 1.165) is 5.56 Å². The molecule has 2 nitrogen and oxygen atoms in total. The Morgan fingerprint density at radius 1 is 1.47 bits per heavy atom. The molecule has 1 rings (SSSR count). The lowest BCUT2D eigenvalue weighted by molar-refractivity contribution is -0.0242. The molecule has 0 heterocycles. The van der Waals surface area contributed by atoms with Crippen LogP contribution >= 0.6 is 0 Å². The summed E-state index contributed by atoms with van der Waals surface area (Å²) in [6.45, 7) is 5.94. The summed E-state index contributed by atoms with van der Waals surface area (Å²) in [5.41, 5.74) is 1.23. The minimum atomic E-state index is -0.912. The predicted octanol–water partition coefficient (Wildman–Crippen LogP) is 2.59. The summed E-state index contributed by atoms with van der Waals surface area (Å²) in [4.78, 5) is 0. The zero-order chi connectivity index (χ0) is 11.4. The third kappa shape index (κ3) is 3.01. The van der Waals surface area contributed by atoms with Gasteiger partial charge in [-0.15, -0.1) is 0 Å². The Hall–Kier alpha value is -0.930. The molecule has 1 aromatic rings. The summed E-state index contributed by atoms with van der Waals surface area (Å²) >= 11 is 0.